The maximum atomic E-state index is 13.8. The van der Waals surface area contributed by atoms with E-state index in [0.29, 0.717) is 38.2 Å². The molecule has 0 aliphatic carbocycles. The van der Waals surface area contributed by atoms with Crippen molar-refractivity contribution in [3.8, 4) is 5.75 Å². The van der Waals surface area contributed by atoms with Crippen molar-refractivity contribution in [3.05, 3.63) is 65.7 Å². The average molecular weight is 680 g/mol. The van der Waals surface area contributed by atoms with Crippen LogP contribution in [0.25, 0.3) is 0 Å². The number of alkyl carbamates (subject to hydrolysis) is 1. The van der Waals surface area contributed by atoms with Gasteiger partial charge < -0.3 is 36.1 Å². The van der Waals surface area contributed by atoms with Crippen molar-refractivity contribution in [2.45, 2.75) is 111 Å². The van der Waals surface area contributed by atoms with Gasteiger partial charge in [-0.3, -0.25) is 19.2 Å². The van der Waals surface area contributed by atoms with Crippen LogP contribution < -0.4 is 26.4 Å². The Balaban J connectivity index is 1.76. The van der Waals surface area contributed by atoms with Gasteiger partial charge in [-0.1, -0.05) is 70.2 Å². The summed E-state index contributed by atoms with van der Waals surface area (Å²) in [5.74, 6) is -1.77. The third-order valence-electron chi connectivity index (χ3n) is 8.05. The van der Waals surface area contributed by atoms with Crippen molar-refractivity contribution in [2.24, 2.45) is 17.6 Å². The molecule has 1 aliphatic rings. The minimum atomic E-state index is -1.09. The minimum Gasteiger partial charge on any atom is -0.489 e. The lowest BCUT2D eigenvalue weighted by atomic mass is 9.98. The molecule has 49 heavy (non-hydrogen) atoms. The maximum Gasteiger partial charge on any atom is 0.408 e. The summed E-state index contributed by atoms with van der Waals surface area (Å²) < 4.78 is 11.3. The number of carbonyl (C=O) groups is 5. The molecule has 4 atom stereocenters. The van der Waals surface area contributed by atoms with Gasteiger partial charge in [0.15, 0.2) is 0 Å². The molecule has 5 amide bonds. The summed E-state index contributed by atoms with van der Waals surface area (Å²) in [7, 11) is 0. The highest BCUT2D eigenvalue weighted by Crippen LogP contribution is 2.21. The van der Waals surface area contributed by atoms with Crippen LogP contribution in [0.1, 0.15) is 78.9 Å². The number of likely N-dealkylation sites (tertiary alicyclic amines) is 1. The molecule has 0 spiro atoms. The molecule has 0 bridgehead atoms. The second-order valence-electron chi connectivity index (χ2n) is 14.3. The van der Waals surface area contributed by atoms with E-state index in [1.54, 1.807) is 46.8 Å². The largest absolute Gasteiger partial charge is 0.489 e. The van der Waals surface area contributed by atoms with Crippen molar-refractivity contribution < 1.29 is 33.4 Å². The molecule has 2 aromatic rings. The Morgan fingerprint density at radius 2 is 1.51 bits per heavy atom. The Kier molecular flexibility index (Phi) is 14.0. The molecular formula is C37H53N5O7. The number of carbonyl (C=O) groups excluding carboxylic acids is 5. The normalized spacial score (nSPS) is 16.4. The van der Waals surface area contributed by atoms with E-state index in [1.165, 1.54) is 4.90 Å². The fraction of sp³-hybridized carbons (Fsp3) is 0.541. The first-order valence-electron chi connectivity index (χ1n) is 17.0. The van der Waals surface area contributed by atoms with Gasteiger partial charge in [0.05, 0.1) is 0 Å². The van der Waals surface area contributed by atoms with Gasteiger partial charge in [-0.2, -0.15) is 0 Å². The van der Waals surface area contributed by atoms with Gasteiger partial charge in [0.25, 0.3) is 0 Å². The fourth-order valence-corrected chi connectivity index (χ4v) is 5.63. The van der Waals surface area contributed by atoms with Crippen LogP contribution in [0.5, 0.6) is 5.75 Å². The molecule has 1 saturated heterocycles. The number of nitrogens with two attached hydrogens (primary N) is 1. The zero-order valence-electron chi connectivity index (χ0n) is 29.8. The van der Waals surface area contributed by atoms with Gasteiger partial charge >= 0.3 is 6.09 Å². The monoisotopic (exact) mass is 679 g/mol. The molecular weight excluding hydrogens is 626 g/mol. The molecule has 0 saturated carbocycles. The summed E-state index contributed by atoms with van der Waals surface area (Å²) in [6, 6.07) is 13.2. The molecule has 12 nitrogen and oxygen atoms in total. The number of rotatable bonds is 15. The highest BCUT2D eigenvalue weighted by molar-refractivity contribution is 5.95. The molecule has 0 radical (unpaired) electrons. The predicted octanol–water partition coefficient (Wildman–Crippen LogP) is 3.85. The van der Waals surface area contributed by atoms with Crippen LogP contribution in [-0.2, 0) is 36.9 Å². The summed E-state index contributed by atoms with van der Waals surface area (Å²) >= 11 is 0. The topological polar surface area (TPSA) is 169 Å². The van der Waals surface area contributed by atoms with Crippen molar-refractivity contribution in [3.63, 3.8) is 0 Å². The van der Waals surface area contributed by atoms with Crippen molar-refractivity contribution >= 4 is 29.7 Å². The van der Waals surface area contributed by atoms with Gasteiger partial charge in [0.1, 0.15) is 42.1 Å². The summed E-state index contributed by atoms with van der Waals surface area (Å²) in [4.78, 5) is 67.4. The molecule has 0 aromatic heterocycles. The molecule has 268 valence electrons. The number of ether oxygens (including phenoxy) is 2. The Bertz CT molecular complexity index is 1420. The predicted molar refractivity (Wildman–Crippen MR) is 186 cm³/mol. The number of amides is 5. The lowest BCUT2D eigenvalue weighted by molar-refractivity contribution is -0.141. The fourth-order valence-electron chi connectivity index (χ4n) is 5.63. The van der Waals surface area contributed by atoms with Gasteiger partial charge in [0, 0.05) is 13.0 Å². The first kappa shape index (κ1) is 38.8. The first-order valence-corrected chi connectivity index (χ1v) is 17.0. The van der Waals surface area contributed by atoms with Crippen LogP contribution in [0.2, 0.25) is 0 Å². The third kappa shape index (κ3) is 12.4. The second kappa shape index (κ2) is 17.7. The highest BCUT2D eigenvalue weighted by atomic mass is 16.6. The number of nitrogens with one attached hydrogen (secondary N) is 3. The number of hydrogen-bond acceptors (Lipinski definition) is 7. The van der Waals surface area contributed by atoms with Crippen LogP contribution in [0.4, 0.5) is 4.79 Å². The van der Waals surface area contributed by atoms with E-state index in [2.05, 4.69) is 16.0 Å². The molecule has 12 heteroatoms. The van der Waals surface area contributed by atoms with Crippen LogP contribution in [-0.4, -0.2) is 70.9 Å². The molecule has 1 heterocycles. The summed E-state index contributed by atoms with van der Waals surface area (Å²) in [6.07, 6.45) is 0.775. The number of hydrogen-bond donors (Lipinski definition) is 4. The molecule has 1 aliphatic heterocycles. The van der Waals surface area contributed by atoms with E-state index in [0.717, 1.165) is 11.1 Å². The quantitative estimate of drug-likeness (QED) is 0.222. The van der Waals surface area contributed by atoms with Crippen LogP contribution >= 0.6 is 0 Å². The Labute approximate surface area is 289 Å². The van der Waals surface area contributed by atoms with E-state index in [4.69, 9.17) is 15.2 Å². The zero-order valence-corrected chi connectivity index (χ0v) is 29.8. The molecule has 0 unspecified atom stereocenters. The average Bonchev–Trinajstić information content (AvgIpc) is 3.52. The van der Waals surface area contributed by atoms with Crippen molar-refractivity contribution in [2.75, 3.05) is 6.54 Å². The smallest absolute Gasteiger partial charge is 0.408 e. The van der Waals surface area contributed by atoms with E-state index < -0.39 is 53.6 Å². The number of benzene rings is 2. The van der Waals surface area contributed by atoms with Crippen LogP contribution in [0, 0.1) is 11.8 Å². The number of nitrogens with zero attached hydrogens (tertiary/aromatic N) is 1. The first-order chi connectivity index (χ1) is 23.0. The number of primary amides is 1. The van der Waals surface area contributed by atoms with E-state index in [-0.39, 0.29) is 24.2 Å². The van der Waals surface area contributed by atoms with Crippen LogP contribution in [0.15, 0.2) is 54.6 Å². The molecule has 2 aromatic carbocycles. The van der Waals surface area contributed by atoms with Crippen molar-refractivity contribution in [1.82, 2.24) is 20.9 Å². The third-order valence-corrected chi connectivity index (χ3v) is 8.05. The lowest BCUT2D eigenvalue weighted by Crippen LogP contribution is -2.59. The molecule has 5 N–H and O–H groups in total. The zero-order chi connectivity index (χ0) is 36.3. The SMILES string of the molecule is CC(C)C[C@H](NC(=O)[C@H](NC(=O)[C@H](Cc1ccc(OCc2ccccc2)cc1)NC(=O)OC(C)(C)C)C(C)C)C(=O)N1CCC[C@@H]1C(N)=O. The van der Waals surface area contributed by atoms with E-state index in [1.807, 2.05) is 56.3 Å². The lowest BCUT2D eigenvalue weighted by Gasteiger charge is -2.31. The molecule has 1 fully saturated rings. The summed E-state index contributed by atoms with van der Waals surface area (Å²) in [6.45, 7) is 13.3. The Morgan fingerprint density at radius 3 is 2.08 bits per heavy atom. The summed E-state index contributed by atoms with van der Waals surface area (Å²) in [5, 5.41) is 8.31. The minimum absolute atomic E-state index is 0.0495. The van der Waals surface area contributed by atoms with Crippen molar-refractivity contribution in [1.29, 1.82) is 0 Å². The van der Waals surface area contributed by atoms with Gasteiger partial charge in [-0.05, 0) is 75.1 Å². The van der Waals surface area contributed by atoms with Gasteiger partial charge in [-0.15, -0.1) is 0 Å². The van der Waals surface area contributed by atoms with E-state index in [9.17, 15) is 24.0 Å². The summed E-state index contributed by atoms with van der Waals surface area (Å²) in [5.41, 5.74) is 6.52. The molecule has 3 rings (SSSR count). The van der Waals surface area contributed by atoms with Gasteiger partial charge in [-0.25, -0.2) is 4.79 Å². The highest BCUT2D eigenvalue weighted by Gasteiger charge is 2.38. The van der Waals surface area contributed by atoms with Gasteiger partial charge in [0.2, 0.25) is 23.6 Å². The second-order valence-corrected chi connectivity index (χ2v) is 14.3. The van der Waals surface area contributed by atoms with E-state index >= 15 is 0 Å². The Hall–Kier alpha value is -4.61. The maximum absolute atomic E-state index is 13.8. The standard InChI is InChI=1S/C37H53N5O7/c1-23(2)20-29(35(46)42-19-11-14-30(42)32(38)43)39-34(45)31(24(3)4)41-33(44)28(40-36(47)49-37(5,6)7)21-25-15-17-27(18-16-25)48-22-26-12-9-8-10-13-26/h8-10,12-13,15-18,23-24,28-31H,11,14,19-22H2,1-7H3,(H2,38,43)(H,39,45)(H,40,47)(H,41,44)/t28-,29-,30+,31+/m0/s1. The van der Waals surface area contributed by atoms with Crippen LogP contribution in [0.3, 0.4) is 0 Å². The Morgan fingerprint density at radius 1 is 0.857 bits per heavy atom.